The van der Waals surface area contributed by atoms with Crippen LogP contribution in [0, 0.1) is 0 Å². The standard InChI is InChI=1S/C16H14N4O5/c1-2-25-14(22)12-9-20(16(24)18-13(12)21)11-5-3-10(4-6-11)19-8-7-17-15(19)23/h3-9H,2H2,1H3,(H,17,23)(H,18,21,24). The highest BCUT2D eigenvalue weighted by Gasteiger charge is 2.15. The summed E-state index contributed by atoms with van der Waals surface area (Å²) in [6, 6.07) is 6.44. The molecule has 0 saturated heterocycles. The van der Waals surface area contributed by atoms with Gasteiger partial charge in [0.25, 0.3) is 5.56 Å². The molecule has 2 N–H and O–H groups in total. The summed E-state index contributed by atoms with van der Waals surface area (Å²) >= 11 is 0. The largest absolute Gasteiger partial charge is 0.462 e. The van der Waals surface area contributed by atoms with Crippen LogP contribution in [0.15, 0.2) is 57.2 Å². The number of carbonyl (C=O) groups is 1. The maximum Gasteiger partial charge on any atom is 0.345 e. The van der Waals surface area contributed by atoms with E-state index in [1.165, 1.54) is 10.8 Å². The molecule has 128 valence electrons. The molecule has 3 aromatic rings. The van der Waals surface area contributed by atoms with Gasteiger partial charge >= 0.3 is 17.3 Å². The van der Waals surface area contributed by atoms with Crippen LogP contribution in [0.3, 0.4) is 0 Å². The second-order valence-corrected chi connectivity index (χ2v) is 5.04. The molecule has 2 heterocycles. The van der Waals surface area contributed by atoms with Crippen LogP contribution in [0.2, 0.25) is 0 Å². The molecule has 0 aliphatic carbocycles. The van der Waals surface area contributed by atoms with Gasteiger partial charge in [-0.15, -0.1) is 0 Å². The molecule has 1 aromatic carbocycles. The van der Waals surface area contributed by atoms with E-state index in [9.17, 15) is 19.2 Å². The Bertz CT molecular complexity index is 1080. The number of nitrogens with zero attached hydrogens (tertiary/aromatic N) is 2. The number of nitrogens with one attached hydrogen (secondary N) is 2. The molecule has 9 heteroatoms. The number of esters is 1. The molecule has 9 nitrogen and oxygen atoms in total. The van der Waals surface area contributed by atoms with Crippen LogP contribution in [0.5, 0.6) is 0 Å². The first kappa shape index (κ1) is 16.2. The van der Waals surface area contributed by atoms with Crippen LogP contribution in [0.4, 0.5) is 0 Å². The molecule has 0 radical (unpaired) electrons. The summed E-state index contributed by atoms with van der Waals surface area (Å²) in [6.45, 7) is 1.72. The van der Waals surface area contributed by atoms with E-state index >= 15 is 0 Å². The van der Waals surface area contributed by atoms with E-state index < -0.39 is 17.2 Å². The summed E-state index contributed by atoms with van der Waals surface area (Å²) in [5, 5.41) is 0. The van der Waals surface area contributed by atoms with Gasteiger partial charge in [-0.2, -0.15) is 0 Å². The van der Waals surface area contributed by atoms with Crippen molar-refractivity contribution in [3.8, 4) is 11.4 Å². The lowest BCUT2D eigenvalue weighted by Crippen LogP contribution is -2.33. The summed E-state index contributed by atoms with van der Waals surface area (Å²) in [5.74, 6) is -0.812. The number of carbonyl (C=O) groups excluding carboxylic acids is 1. The molecule has 0 spiro atoms. The summed E-state index contributed by atoms with van der Waals surface area (Å²) in [6.07, 6.45) is 4.22. The van der Waals surface area contributed by atoms with E-state index in [1.54, 1.807) is 37.4 Å². The van der Waals surface area contributed by atoms with Gasteiger partial charge in [-0.3, -0.25) is 18.9 Å². The van der Waals surface area contributed by atoms with E-state index in [1.807, 2.05) is 0 Å². The van der Waals surface area contributed by atoms with E-state index in [-0.39, 0.29) is 17.9 Å². The Balaban J connectivity index is 2.05. The molecule has 0 fully saturated rings. The van der Waals surface area contributed by atoms with Crippen molar-refractivity contribution >= 4 is 5.97 Å². The minimum absolute atomic E-state index is 0.109. The quantitative estimate of drug-likeness (QED) is 0.656. The number of benzene rings is 1. The number of imidazole rings is 1. The number of hydrogen-bond acceptors (Lipinski definition) is 5. The Morgan fingerprint density at radius 3 is 2.24 bits per heavy atom. The lowest BCUT2D eigenvalue weighted by molar-refractivity contribution is 0.0523. The van der Waals surface area contributed by atoms with Crippen molar-refractivity contribution in [2.45, 2.75) is 6.92 Å². The highest BCUT2D eigenvalue weighted by molar-refractivity contribution is 5.88. The predicted octanol–water partition coefficient (Wildman–Crippen LogP) is 0.181. The van der Waals surface area contributed by atoms with Gasteiger partial charge < -0.3 is 9.72 Å². The molecular weight excluding hydrogens is 328 g/mol. The number of aromatic amines is 2. The molecule has 0 aliphatic rings. The molecule has 0 unspecified atom stereocenters. The van der Waals surface area contributed by atoms with E-state index in [0.717, 1.165) is 10.8 Å². The Morgan fingerprint density at radius 1 is 1.04 bits per heavy atom. The van der Waals surface area contributed by atoms with Crippen LogP contribution < -0.4 is 16.9 Å². The van der Waals surface area contributed by atoms with E-state index in [4.69, 9.17) is 4.74 Å². The minimum atomic E-state index is -0.812. The maximum atomic E-state index is 12.0. The first-order chi connectivity index (χ1) is 12.0. The van der Waals surface area contributed by atoms with Crippen LogP contribution in [-0.2, 0) is 4.74 Å². The summed E-state index contributed by atoms with van der Waals surface area (Å²) in [7, 11) is 0. The average Bonchev–Trinajstić information content (AvgIpc) is 3.01. The first-order valence-electron chi connectivity index (χ1n) is 7.41. The van der Waals surface area contributed by atoms with Crippen LogP contribution >= 0.6 is 0 Å². The minimum Gasteiger partial charge on any atom is -0.462 e. The molecule has 0 amide bonds. The second-order valence-electron chi connectivity index (χ2n) is 5.04. The lowest BCUT2D eigenvalue weighted by Gasteiger charge is -2.08. The molecule has 2 aromatic heterocycles. The topological polar surface area (TPSA) is 119 Å². The van der Waals surface area contributed by atoms with Gasteiger partial charge in [0.05, 0.1) is 18.0 Å². The molecular formula is C16H14N4O5. The molecule has 0 atom stereocenters. The van der Waals surface area contributed by atoms with Crippen molar-refractivity contribution in [2.75, 3.05) is 6.61 Å². The SMILES string of the molecule is CCOC(=O)c1cn(-c2ccc(-n3cc[nH]c3=O)cc2)c(=O)[nH]c1=O. The summed E-state index contributed by atoms with van der Waals surface area (Å²) in [5.41, 5.74) is -1.05. The van der Waals surface area contributed by atoms with Crippen molar-refractivity contribution in [3.63, 3.8) is 0 Å². The zero-order chi connectivity index (χ0) is 18.0. The monoisotopic (exact) mass is 342 g/mol. The van der Waals surface area contributed by atoms with Gasteiger partial charge in [-0.1, -0.05) is 0 Å². The van der Waals surface area contributed by atoms with Crippen molar-refractivity contribution < 1.29 is 9.53 Å². The van der Waals surface area contributed by atoms with Crippen molar-refractivity contribution in [1.82, 2.24) is 19.1 Å². The Kier molecular flexibility index (Phi) is 4.21. The third kappa shape index (κ3) is 3.07. The van der Waals surface area contributed by atoms with Gasteiger partial charge in [0.15, 0.2) is 0 Å². The lowest BCUT2D eigenvalue weighted by atomic mass is 10.2. The zero-order valence-electron chi connectivity index (χ0n) is 13.2. The highest BCUT2D eigenvalue weighted by atomic mass is 16.5. The maximum absolute atomic E-state index is 12.0. The van der Waals surface area contributed by atoms with Gasteiger partial charge in [-0.05, 0) is 31.2 Å². The second kappa shape index (κ2) is 6.48. The van der Waals surface area contributed by atoms with Gasteiger partial charge in [-0.25, -0.2) is 14.4 Å². The average molecular weight is 342 g/mol. The molecule has 0 aliphatic heterocycles. The first-order valence-corrected chi connectivity index (χ1v) is 7.41. The fourth-order valence-electron chi connectivity index (χ4n) is 2.31. The van der Waals surface area contributed by atoms with Crippen LogP contribution in [0.25, 0.3) is 11.4 Å². The Labute approximate surface area is 140 Å². The van der Waals surface area contributed by atoms with E-state index in [0.29, 0.717) is 11.4 Å². The number of H-pyrrole nitrogens is 2. The Hall–Kier alpha value is -3.62. The van der Waals surface area contributed by atoms with Crippen molar-refractivity contribution in [2.24, 2.45) is 0 Å². The van der Waals surface area contributed by atoms with Gasteiger partial charge in [0.2, 0.25) is 0 Å². The number of rotatable bonds is 4. The fourth-order valence-corrected chi connectivity index (χ4v) is 2.31. The zero-order valence-corrected chi connectivity index (χ0v) is 13.2. The van der Waals surface area contributed by atoms with Crippen molar-refractivity contribution in [3.05, 3.63) is 79.7 Å². The molecule has 0 bridgehead atoms. The smallest absolute Gasteiger partial charge is 0.345 e. The summed E-state index contributed by atoms with van der Waals surface area (Å²) < 4.78 is 7.32. The summed E-state index contributed by atoms with van der Waals surface area (Å²) in [4.78, 5) is 51.8. The molecule has 3 rings (SSSR count). The Morgan fingerprint density at radius 2 is 1.68 bits per heavy atom. The molecule has 25 heavy (non-hydrogen) atoms. The van der Waals surface area contributed by atoms with E-state index in [2.05, 4.69) is 9.97 Å². The normalized spacial score (nSPS) is 10.6. The number of ether oxygens (including phenoxy) is 1. The third-order valence-electron chi connectivity index (χ3n) is 3.49. The number of hydrogen-bond donors (Lipinski definition) is 2. The van der Waals surface area contributed by atoms with Crippen molar-refractivity contribution in [1.29, 1.82) is 0 Å². The van der Waals surface area contributed by atoms with Crippen LogP contribution in [-0.4, -0.2) is 31.7 Å². The highest BCUT2D eigenvalue weighted by Crippen LogP contribution is 2.10. The van der Waals surface area contributed by atoms with Gasteiger partial charge in [0, 0.05) is 18.6 Å². The predicted molar refractivity (Wildman–Crippen MR) is 88.6 cm³/mol. The molecule has 0 saturated carbocycles. The van der Waals surface area contributed by atoms with Crippen LogP contribution in [0.1, 0.15) is 17.3 Å². The number of aromatic nitrogens is 4. The van der Waals surface area contributed by atoms with Gasteiger partial charge in [0.1, 0.15) is 5.56 Å². The third-order valence-corrected chi connectivity index (χ3v) is 3.49. The fraction of sp³-hybridized carbons (Fsp3) is 0.125.